The van der Waals surface area contributed by atoms with Crippen LogP contribution in [-0.2, 0) is 17.9 Å². The van der Waals surface area contributed by atoms with Crippen molar-refractivity contribution in [1.29, 1.82) is 0 Å². The van der Waals surface area contributed by atoms with Gasteiger partial charge in [-0.05, 0) is 42.0 Å². The molecule has 1 aromatic heterocycles. The number of rotatable bonds is 7. The molecule has 0 aliphatic carbocycles. The third-order valence-corrected chi connectivity index (χ3v) is 6.27. The van der Waals surface area contributed by atoms with Gasteiger partial charge in [0.1, 0.15) is 24.0 Å². The maximum absolute atomic E-state index is 13.2. The molecule has 1 aliphatic heterocycles. The summed E-state index contributed by atoms with van der Waals surface area (Å²) < 4.78 is 21.3. The molecule has 0 spiro atoms. The molecule has 33 heavy (non-hydrogen) atoms. The third-order valence-electron chi connectivity index (χ3n) is 5.96. The van der Waals surface area contributed by atoms with Crippen LogP contribution in [0, 0.1) is 5.82 Å². The summed E-state index contributed by atoms with van der Waals surface area (Å²) >= 11 is 6.21. The number of aromatic nitrogens is 2. The molecule has 1 amide bonds. The molecule has 0 saturated carbocycles. The highest BCUT2D eigenvalue weighted by molar-refractivity contribution is 6.32. The number of para-hydroxylation sites is 3. The zero-order valence-electron chi connectivity index (χ0n) is 18.0. The summed E-state index contributed by atoms with van der Waals surface area (Å²) in [4.78, 5) is 19.5. The average molecular weight is 464 g/mol. The van der Waals surface area contributed by atoms with Crippen molar-refractivity contribution in [3.63, 3.8) is 0 Å². The van der Waals surface area contributed by atoms with Crippen LogP contribution in [0.25, 0.3) is 11.0 Å². The Kier molecular flexibility index (Phi) is 6.01. The van der Waals surface area contributed by atoms with Gasteiger partial charge in [0.05, 0.1) is 22.6 Å². The lowest BCUT2D eigenvalue weighted by Gasteiger charge is -2.18. The fraction of sp³-hybridized carbons (Fsp3) is 0.231. The van der Waals surface area contributed by atoms with Crippen LogP contribution in [0.4, 0.5) is 4.39 Å². The normalized spacial score (nSPS) is 16.0. The number of hydrogen-bond acceptors (Lipinski definition) is 3. The van der Waals surface area contributed by atoms with E-state index in [-0.39, 0.29) is 17.6 Å². The molecular formula is C26H23ClFN3O2. The van der Waals surface area contributed by atoms with Crippen molar-refractivity contribution >= 4 is 28.5 Å². The number of hydrogen-bond donors (Lipinski definition) is 0. The topological polar surface area (TPSA) is 47.4 Å². The fourth-order valence-corrected chi connectivity index (χ4v) is 4.55. The molecule has 0 radical (unpaired) electrons. The molecule has 1 unspecified atom stereocenters. The molecule has 3 aromatic carbocycles. The molecule has 168 valence electrons. The Bertz CT molecular complexity index is 1290. The van der Waals surface area contributed by atoms with Gasteiger partial charge >= 0.3 is 0 Å². The predicted molar refractivity (Wildman–Crippen MR) is 126 cm³/mol. The molecule has 7 heteroatoms. The molecule has 2 heterocycles. The van der Waals surface area contributed by atoms with Gasteiger partial charge < -0.3 is 14.2 Å². The second-order valence-electron chi connectivity index (χ2n) is 8.19. The Morgan fingerprint density at radius 1 is 1.03 bits per heavy atom. The molecule has 4 aromatic rings. The summed E-state index contributed by atoms with van der Waals surface area (Å²) in [5.74, 6) is 1.30. The number of benzene rings is 3. The Labute approximate surface area is 196 Å². The lowest BCUT2D eigenvalue weighted by atomic mass is 10.1. The molecule has 5 nitrogen and oxygen atoms in total. The highest BCUT2D eigenvalue weighted by Crippen LogP contribution is 2.31. The molecule has 1 atom stereocenters. The Morgan fingerprint density at radius 3 is 2.61 bits per heavy atom. The van der Waals surface area contributed by atoms with Gasteiger partial charge in [0.2, 0.25) is 5.91 Å². The van der Waals surface area contributed by atoms with Crippen molar-refractivity contribution in [1.82, 2.24) is 14.5 Å². The first kappa shape index (κ1) is 21.5. The maximum Gasteiger partial charge on any atom is 0.223 e. The number of nitrogens with zero attached hydrogens (tertiary/aromatic N) is 3. The third kappa shape index (κ3) is 4.57. The zero-order chi connectivity index (χ0) is 22.8. The Balaban J connectivity index is 1.36. The number of fused-ring (bicyclic) bond motifs is 1. The van der Waals surface area contributed by atoms with Gasteiger partial charge in [0.15, 0.2) is 0 Å². The van der Waals surface area contributed by atoms with Crippen molar-refractivity contribution in [2.24, 2.45) is 0 Å². The summed E-state index contributed by atoms with van der Waals surface area (Å²) in [5.41, 5.74) is 2.82. The maximum atomic E-state index is 13.2. The number of imidazole rings is 1. The summed E-state index contributed by atoms with van der Waals surface area (Å²) in [6.07, 6.45) is 0.399. The minimum atomic E-state index is -0.280. The second-order valence-corrected chi connectivity index (χ2v) is 8.60. The van der Waals surface area contributed by atoms with E-state index in [0.717, 1.165) is 22.4 Å². The van der Waals surface area contributed by atoms with Crippen LogP contribution in [0.5, 0.6) is 5.75 Å². The highest BCUT2D eigenvalue weighted by Gasteiger charge is 2.34. The number of carbonyl (C=O) groups excluding carboxylic acids is 1. The largest absolute Gasteiger partial charge is 0.490 e. The summed E-state index contributed by atoms with van der Waals surface area (Å²) in [5, 5.41) is 0.575. The number of likely N-dealkylation sites (tertiary alicyclic amines) is 1. The molecule has 5 rings (SSSR count). The SMILES string of the molecule is O=C1CC(c2nc3ccccc3n2CCOc2ccccc2Cl)CN1Cc1ccc(F)cc1. The Morgan fingerprint density at radius 2 is 1.79 bits per heavy atom. The van der Waals surface area contributed by atoms with Crippen LogP contribution in [0.15, 0.2) is 72.8 Å². The highest BCUT2D eigenvalue weighted by atomic mass is 35.5. The van der Waals surface area contributed by atoms with Gasteiger partial charge in [-0.3, -0.25) is 4.79 Å². The summed E-state index contributed by atoms with van der Waals surface area (Å²) in [6.45, 7) is 2.05. The molecule has 0 bridgehead atoms. The van der Waals surface area contributed by atoms with Crippen molar-refractivity contribution in [3.8, 4) is 5.75 Å². The lowest BCUT2D eigenvalue weighted by Crippen LogP contribution is -2.24. The van der Waals surface area contributed by atoms with E-state index < -0.39 is 0 Å². The van der Waals surface area contributed by atoms with E-state index in [1.807, 2.05) is 47.4 Å². The standard InChI is InChI=1S/C26H23ClFN3O2/c27-21-5-1-4-8-24(21)33-14-13-31-23-7-3-2-6-22(23)29-26(31)19-15-25(32)30(17-19)16-18-9-11-20(28)12-10-18/h1-12,19H,13-17H2. The van der Waals surface area contributed by atoms with E-state index in [9.17, 15) is 9.18 Å². The average Bonchev–Trinajstić information content (AvgIpc) is 3.37. The van der Waals surface area contributed by atoms with Gasteiger partial charge in [-0.1, -0.05) is 48.0 Å². The molecule has 0 N–H and O–H groups in total. The molecule has 1 aliphatic rings. The van der Waals surface area contributed by atoms with Crippen LogP contribution < -0.4 is 4.74 Å². The molecule has 1 fully saturated rings. The number of amides is 1. The van der Waals surface area contributed by atoms with Gasteiger partial charge in [0, 0.05) is 25.4 Å². The van der Waals surface area contributed by atoms with Crippen molar-refractivity contribution in [2.75, 3.05) is 13.2 Å². The minimum absolute atomic E-state index is 0.0225. The monoisotopic (exact) mass is 463 g/mol. The van der Waals surface area contributed by atoms with Crippen LogP contribution in [0.2, 0.25) is 5.02 Å². The van der Waals surface area contributed by atoms with E-state index in [1.165, 1.54) is 12.1 Å². The van der Waals surface area contributed by atoms with Crippen molar-refractivity contribution in [2.45, 2.75) is 25.4 Å². The number of carbonyl (C=O) groups is 1. The first-order valence-corrected chi connectivity index (χ1v) is 11.3. The van der Waals surface area contributed by atoms with E-state index in [0.29, 0.717) is 43.4 Å². The van der Waals surface area contributed by atoms with E-state index in [1.54, 1.807) is 18.2 Å². The first-order valence-electron chi connectivity index (χ1n) is 10.9. The second kappa shape index (κ2) is 9.24. The smallest absolute Gasteiger partial charge is 0.223 e. The fourth-order valence-electron chi connectivity index (χ4n) is 4.36. The minimum Gasteiger partial charge on any atom is -0.490 e. The van der Waals surface area contributed by atoms with Crippen LogP contribution >= 0.6 is 11.6 Å². The van der Waals surface area contributed by atoms with Crippen molar-refractivity contribution < 1.29 is 13.9 Å². The zero-order valence-corrected chi connectivity index (χ0v) is 18.7. The predicted octanol–water partition coefficient (Wildman–Crippen LogP) is 5.42. The molecular weight excluding hydrogens is 441 g/mol. The van der Waals surface area contributed by atoms with Crippen molar-refractivity contribution in [3.05, 3.63) is 95.0 Å². The van der Waals surface area contributed by atoms with Crippen LogP contribution in [0.3, 0.4) is 0 Å². The Hall–Kier alpha value is -3.38. The number of ether oxygens (including phenoxy) is 1. The van der Waals surface area contributed by atoms with E-state index >= 15 is 0 Å². The van der Waals surface area contributed by atoms with Gasteiger partial charge in [-0.2, -0.15) is 0 Å². The first-order chi connectivity index (χ1) is 16.1. The van der Waals surface area contributed by atoms with E-state index in [2.05, 4.69) is 4.57 Å². The number of halogens is 2. The van der Waals surface area contributed by atoms with Crippen LogP contribution in [0.1, 0.15) is 23.7 Å². The molecule has 1 saturated heterocycles. The summed E-state index contributed by atoms with van der Waals surface area (Å²) in [6, 6.07) is 21.7. The lowest BCUT2D eigenvalue weighted by molar-refractivity contribution is -0.128. The van der Waals surface area contributed by atoms with Gasteiger partial charge in [-0.15, -0.1) is 0 Å². The van der Waals surface area contributed by atoms with Gasteiger partial charge in [-0.25, -0.2) is 9.37 Å². The van der Waals surface area contributed by atoms with Gasteiger partial charge in [0.25, 0.3) is 0 Å². The summed E-state index contributed by atoms with van der Waals surface area (Å²) in [7, 11) is 0. The quantitative estimate of drug-likeness (QED) is 0.367. The van der Waals surface area contributed by atoms with Crippen LogP contribution in [-0.4, -0.2) is 33.5 Å². The van der Waals surface area contributed by atoms with E-state index in [4.69, 9.17) is 21.3 Å².